The van der Waals surface area contributed by atoms with Crippen molar-refractivity contribution in [1.29, 1.82) is 0 Å². The molecule has 126 valence electrons. The van der Waals surface area contributed by atoms with E-state index in [1.54, 1.807) is 21.0 Å². The predicted octanol–water partition coefficient (Wildman–Crippen LogP) is 1.14. The van der Waals surface area contributed by atoms with Crippen molar-refractivity contribution in [1.82, 2.24) is 9.21 Å². The van der Waals surface area contributed by atoms with Crippen LogP contribution in [-0.4, -0.2) is 55.1 Å². The van der Waals surface area contributed by atoms with Crippen LogP contribution < -0.4 is 0 Å². The number of rotatable bonds is 4. The Kier molecular flexibility index (Phi) is 4.71. The van der Waals surface area contributed by atoms with E-state index in [4.69, 9.17) is 0 Å². The Balaban J connectivity index is 2.44. The van der Waals surface area contributed by atoms with E-state index in [1.807, 2.05) is 0 Å². The molecule has 1 fully saturated rings. The van der Waals surface area contributed by atoms with Crippen molar-refractivity contribution in [2.24, 2.45) is 0 Å². The van der Waals surface area contributed by atoms with Crippen molar-refractivity contribution in [3.63, 3.8) is 0 Å². The molecular formula is C14H19N3O5S. The van der Waals surface area contributed by atoms with E-state index in [0.717, 1.165) is 10.4 Å². The van der Waals surface area contributed by atoms with Crippen LogP contribution >= 0.6 is 0 Å². The first-order valence-corrected chi connectivity index (χ1v) is 8.58. The molecule has 1 aromatic rings. The fraction of sp³-hybridized carbons (Fsp3) is 0.500. The Morgan fingerprint density at radius 3 is 2.61 bits per heavy atom. The van der Waals surface area contributed by atoms with Crippen molar-refractivity contribution in [2.45, 2.75) is 30.7 Å². The number of sulfonamides is 1. The number of carbonyl (C=O) groups excluding carboxylic acids is 1. The summed E-state index contributed by atoms with van der Waals surface area (Å²) in [5.41, 5.74) is 0.136. The van der Waals surface area contributed by atoms with Gasteiger partial charge < -0.3 is 4.90 Å². The Hall–Kier alpha value is -2.00. The smallest absolute Gasteiger partial charge is 0.273 e. The van der Waals surface area contributed by atoms with Crippen LogP contribution in [0.4, 0.5) is 5.69 Å². The molecule has 0 aliphatic carbocycles. The third-order valence-electron chi connectivity index (χ3n) is 3.91. The summed E-state index contributed by atoms with van der Waals surface area (Å²) in [4.78, 5) is 23.8. The van der Waals surface area contributed by atoms with Gasteiger partial charge in [0.05, 0.1) is 9.82 Å². The summed E-state index contributed by atoms with van der Waals surface area (Å²) in [7, 11) is -0.815. The minimum atomic E-state index is -3.96. The van der Waals surface area contributed by atoms with Crippen molar-refractivity contribution < 1.29 is 18.1 Å². The number of likely N-dealkylation sites (N-methyl/N-ethyl adjacent to an activating group) is 1. The zero-order valence-electron chi connectivity index (χ0n) is 13.2. The SMILES string of the molecule is Cc1ccc(S(=O)(=O)N2CCC[C@@H]2C(=O)N(C)C)cc1[N+](=O)[O-]. The number of carbonyl (C=O) groups is 1. The summed E-state index contributed by atoms with van der Waals surface area (Å²) in [6.07, 6.45) is 1.03. The zero-order chi connectivity index (χ0) is 17.4. The van der Waals surface area contributed by atoms with E-state index < -0.39 is 21.0 Å². The number of nitrogens with zero attached hydrogens (tertiary/aromatic N) is 3. The predicted molar refractivity (Wildman–Crippen MR) is 83.4 cm³/mol. The molecule has 0 saturated carbocycles. The highest BCUT2D eigenvalue weighted by Crippen LogP contribution is 2.29. The van der Waals surface area contributed by atoms with Gasteiger partial charge in [-0.25, -0.2) is 8.42 Å². The molecule has 0 unspecified atom stereocenters. The lowest BCUT2D eigenvalue weighted by Crippen LogP contribution is -2.45. The first-order chi connectivity index (χ1) is 10.7. The molecule has 1 atom stereocenters. The van der Waals surface area contributed by atoms with E-state index in [2.05, 4.69) is 0 Å². The number of hydrogen-bond donors (Lipinski definition) is 0. The van der Waals surface area contributed by atoms with Crippen LogP contribution in [0.5, 0.6) is 0 Å². The Morgan fingerprint density at radius 2 is 2.04 bits per heavy atom. The van der Waals surface area contributed by atoms with Gasteiger partial charge in [-0.05, 0) is 25.8 Å². The first-order valence-electron chi connectivity index (χ1n) is 7.14. The summed E-state index contributed by atoms with van der Waals surface area (Å²) in [6, 6.07) is 3.05. The van der Waals surface area contributed by atoms with Crippen LogP contribution in [-0.2, 0) is 14.8 Å². The molecule has 1 amide bonds. The van der Waals surface area contributed by atoms with Crippen LogP contribution in [0.15, 0.2) is 23.1 Å². The number of nitro groups is 1. The maximum absolute atomic E-state index is 12.8. The molecule has 1 heterocycles. The third kappa shape index (κ3) is 3.20. The van der Waals surface area contributed by atoms with Gasteiger partial charge in [-0.3, -0.25) is 14.9 Å². The highest BCUT2D eigenvalue weighted by Gasteiger charge is 2.40. The largest absolute Gasteiger partial charge is 0.347 e. The van der Waals surface area contributed by atoms with Gasteiger partial charge in [-0.1, -0.05) is 6.07 Å². The number of amides is 1. The molecule has 0 N–H and O–H groups in total. The standard InChI is InChI=1S/C14H19N3O5S/c1-10-6-7-11(9-13(10)17(19)20)23(21,22)16-8-4-5-12(16)14(18)15(2)3/h6-7,9,12H,4-5,8H2,1-3H3/t12-/m1/s1. The van der Waals surface area contributed by atoms with Gasteiger partial charge in [-0.2, -0.15) is 4.31 Å². The molecule has 8 nitrogen and oxygen atoms in total. The van der Waals surface area contributed by atoms with E-state index in [1.165, 1.54) is 17.0 Å². The molecule has 9 heteroatoms. The van der Waals surface area contributed by atoms with E-state index >= 15 is 0 Å². The fourth-order valence-corrected chi connectivity index (χ4v) is 4.33. The monoisotopic (exact) mass is 341 g/mol. The Labute approximate surface area is 134 Å². The molecule has 0 radical (unpaired) electrons. The van der Waals surface area contributed by atoms with Gasteiger partial charge in [0.2, 0.25) is 15.9 Å². The van der Waals surface area contributed by atoms with E-state index in [-0.39, 0.29) is 23.0 Å². The number of benzene rings is 1. The number of hydrogen-bond acceptors (Lipinski definition) is 5. The normalized spacial score (nSPS) is 18.8. The average molecular weight is 341 g/mol. The molecule has 1 saturated heterocycles. The van der Waals surface area contributed by atoms with E-state index in [0.29, 0.717) is 18.4 Å². The minimum absolute atomic E-state index is 0.159. The second-order valence-electron chi connectivity index (χ2n) is 5.71. The molecule has 23 heavy (non-hydrogen) atoms. The lowest BCUT2D eigenvalue weighted by atomic mass is 10.2. The summed E-state index contributed by atoms with van der Waals surface area (Å²) in [6.45, 7) is 1.77. The molecule has 0 spiro atoms. The maximum atomic E-state index is 12.8. The quantitative estimate of drug-likeness (QED) is 0.604. The van der Waals surface area contributed by atoms with Crippen molar-refractivity contribution in [3.8, 4) is 0 Å². The van der Waals surface area contributed by atoms with Crippen molar-refractivity contribution >= 4 is 21.6 Å². The first kappa shape index (κ1) is 17.4. The summed E-state index contributed by atoms with van der Waals surface area (Å²) >= 11 is 0. The van der Waals surface area contributed by atoms with Gasteiger partial charge in [0, 0.05) is 32.3 Å². The second kappa shape index (κ2) is 6.25. The highest BCUT2D eigenvalue weighted by molar-refractivity contribution is 7.89. The second-order valence-corrected chi connectivity index (χ2v) is 7.60. The third-order valence-corrected chi connectivity index (χ3v) is 5.82. The molecule has 1 aliphatic rings. The van der Waals surface area contributed by atoms with Crippen LogP contribution in [0.3, 0.4) is 0 Å². The molecule has 0 bridgehead atoms. The van der Waals surface area contributed by atoms with Gasteiger partial charge >= 0.3 is 0 Å². The van der Waals surface area contributed by atoms with Gasteiger partial charge in [0.1, 0.15) is 6.04 Å². The minimum Gasteiger partial charge on any atom is -0.347 e. The van der Waals surface area contributed by atoms with Crippen molar-refractivity contribution in [3.05, 3.63) is 33.9 Å². The zero-order valence-corrected chi connectivity index (χ0v) is 14.0. The molecule has 1 aliphatic heterocycles. The lowest BCUT2D eigenvalue weighted by Gasteiger charge is -2.25. The lowest BCUT2D eigenvalue weighted by molar-refractivity contribution is -0.385. The van der Waals surface area contributed by atoms with Crippen LogP contribution in [0.25, 0.3) is 0 Å². The van der Waals surface area contributed by atoms with Gasteiger partial charge in [0.15, 0.2) is 0 Å². The Bertz CT molecular complexity index is 745. The van der Waals surface area contributed by atoms with Gasteiger partial charge in [0.25, 0.3) is 5.69 Å². The van der Waals surface area contributed by atoms with Crippen LogP contribution in [0.2, 0.25) is 0 Å². The van der Waals surface area contributed by atoms with Gasteiger partial charge in [-0.15, -0.1) is 0 Å². The maximum Gasteiger partial charge on any atom is 0.273 e. The fourth-order valence-electron chi connectivity index (χ4n) is 2.65. The number of aryl methyl sites for hydroxylation is 1. The number of nitro benzene ring substituents is 1. The average Bonchev–Trinajstić information content (AvgIpc) is 2.96. The topological polar surface area (TPSA) is 101 Å². The summed E-state index contributed by atoms with van der Waals surface area (Å²) in [5.74, 6) is -0.285. The van der Waals surface area contributed by atoms with Crippen LogP contribution in [0.1, 0.15) is 18.4 Å². The van der Waals surface area contributed by atoms with Crippen LogP contribution in [0, 0.1) is 17.0 Å². The highest BCUT2D eigenvalue weighted by atomic mass is 32.2. The van der Waals surface area contributed by atoms with Crippen molar-refractivity contribution in [2.75, 3.05) is 20.6 Å². The molecule has 0 aromatic heterocycles. The summed E-state index contributed by atoms with van der Waals surface area (Å²) < 4.78 is 26.7. The molecule has 2 rings (SSSR count). The molecular weight excluding hydrogens is 322 g/mol. The Morgan fingerprint density at radius 1 is 1.39 bits per heavy atom. The summed E-state index contributed by atoms with van der Waals surface area (Å²) in [5, 5.41) is 11.0. The molecule has 1 aromatic carbocycles. The van der Waals surface area contributed by atoms with E-state index in [9.17, 15) is 23.3 Å².